The van der Waals surface area contributed by atoms with Crippen LogP contribution in [0.5, 0.6) is 0 Å². The van der Waals surface area contributed by atoms with E-state index in [4.69, 9.17) is 11.6 Å². The number of nitrogens with one attached hydrogen (secondary N) is 1. The van der Waals surface area contributed by atoms with Crippen molar-refractivity contribution < 1.29 is 0 Å². The van der Waals surface area contributed by atoms with E-state index in [0.29, 0.717) is 17.1 Å². The van der Waals surface area contributed by atoms with Gasteiger partial charge in [0.25, 0.3) is 0 Å². The molecule has 17 heavy (non-hydrogen) atoms. The Labute approximate surface area is 107 Å². The molecule has 0 saturated carbocycles. The maximum Gasteiger partial charge on any atom is 0.149 e. The Morgan fingerprint density at radius 2 is 2.35 bits per heavy atom. The van der Waals surface area contributed by atoms with Crippen molar-refractivity contribution >= 4 is 17.4 Å². The fraction of sp³-hybridized carbons (Fsp3) is 0.667. The Kier molecular flexibility index (Phi) is 4.18. The van der Waals surface area contributed by atoms with Gasteiger partial charge in [-0.05, 0) is 32.7 Å². The molecule has 5 heteroatoms. The number of likely N-dealkylation sites (tertiary alicyclic amines) is 1. The van der Waals surface area contributed by atoms with Gasteiger partial charge in [0.05, 0.1) is 12.4 Å². The van der Waals surface area contributed by atoms with Crippen LogP contribution >= 0.6 is 11.6 Å². The maximum atomic E-state index is 5.78. The van der Waals surface area contributed by atoms with Crippen LogP contribution in [0.25, 0.3) is 0 Å². The van der Waals surface area contributed by atoms with Crippen LogP contribution in [0.1, 0.15) is 20.3 Å². The monoisotopic (exact) mass is 254 g/mol. The number of hydrogen-bond acceptors (Lipinski definition) is 4. The van der Waals surface area contributed by atoms with E-state index in [9.17, 15) is 0 Å². The minimum absolute atomic E-state index is 0.435. The van der Waals surface area contributed by atoms with E-state index in [0.717, 1.165) is 12.4 Å². The lowest BCUT2D eigenvalue weighted by Gasteiger charge is -2.20. The molecule has 1 aliphatic rings. The number of anilines is 1. The summed E-state index contributed by atoms with van der Waals surface area (Å²) in [5.74, 6) is 1.46. The molecule has 1 atom stereocenters. The van der Waals surface area contributed by atoms with Gasteiger partial charge < -0.3 is 10.2 Å². The SMILES string of the molecule is CC(C)N1CCC(CNc2cncc(Cl)n2)C1. The first-order valence-corrected chi connectivity index (χ1v) is 6.48. The lowest BCUT2D eigenvalue weighted by molar-refractivity contribution is 0.266. The molecule has 0 aliphatic carbocycles. The molecule has 4 nitrogen and oxygen atoms in total. The molecule has 0 aromatic carbocycles. The van der Waals surface area contributed by atoms with Crippen LogP contribution in [0.4, 0.5) is 5.82 Å². The van der Waals surface area contributed by atoms with Gasteiger partial charge >= 0.3 is 0 Å². The normalized spacial score (nSPS) is 21.1. The van der Waals surface area contributed by atoms with E-state index in [1.54, 1.807) is 12.4 Å². The van der Waals surface area contributed by atoms with Gasteiger partial charge in [-0.15, -0.1) is 0 Å². The highest BCUT2D eigenvalue weighted by Crippen LogP contribution is 2.19. The van der Waals surface area contributed by atoms with E-state index < -0.39 is 0 Å². The highest BCUT2D eigenvalue weighted by atomic mass is 35.5. The summed E-state index contributed by atoms with van der Waals surface area (Å²) in [4.78, 5) is 10.7. The minimum Gasteiger partial charge on any atom is -0.368 e. The molecule has 2 heterocycles. The Hall–Kier alpha value is -0.870. The second kappa shape index (κ2) is 5.65. The molecule has 0 amide bonds. The highest BCUT2D eigenvalue weighted by Gasteiger charge is 2.23. The molecule has 0 bridgehead atoms. The van der Waals surface area contributed by atoms with Gasteiger partial charge in [-0.3, -0.25) is 4.98 Å². The van der Waals surface area contributed by atoms with Gasteiger partial charge in [-0.25, -0.2) is 4.98 Å². The molecule has 0 spiro atoms. The number of aromatic nitrogens is 2. The van der Waals surface area contributed by atoms with Crippen molar-refractivity contribution in [3.63, 3.8) is 0 Å². The first-order valence-electron chi connectivity index (χ1n) is 6.10. The predicted octanol–water partition coefficient (Wildman–Crippen LogP) is 2.27. The second-order valence-electron chi connectivity index (χ2n) is 4.85. The molecular weight excluding hydrogens is 236 g/mol. The van der Waals surface area contributed by atoms with E-state index in [1.165, 1.54) is 19.5 Å². The van der Waals surface area contributed by atoms with Crippen LogP contribution in [0.3, 0.4) is 0 Å². The smallest absolute Gasteiger partial charge is 0.149 e. The van der Waals surface area contributed by atoms with E-state index in [2.05, 4.69) is 34.0 Å². The van der Waals surface area contributed by atoms with Gasteiger partial charge in [0.2, 0.25) is 0 Å². The van der Waals surface area contributed by atoms with Gasteiger partial charge in [0.1, 0.15) is 11.0 Å². The van der Waals surface area contributed by atoms with Gasteiger partial charge in [-0.2, -0.15) is 0 Å². The Morgan fingerprint density at radius 1 is 1.53 bits per heavy atom. The first-order chi connectivity index (χ1) is 8.15. The average Bonchev–Trinajstić information content (AvgIpc) is 2.75. The fourth-order valence-corrected chi connectivity index (χ4v) is 2.32. The van der Waals surface area contributed by atoms with Crippen LogP contribution < -0.4 is 5.32 Å². The predicted molar refractivity (Wildman–Crippen MR) is 70.3 cm³/mol. The summed E-state index contributed by atoms with van der Waals surface area (Å²) in [6.45, 7) is 7.80. The van der Waals surface area contributed by atoms with Crippen molar-refractivity contribution in [2.24, 2.45) is 5.92 Å². The number of hydrogen-bond donors (Lipinski definition) is 1. The number of rotatable bonds is 4. The molecule has 1 aromatic rings. The minimum atomic E-state index is 0.435. The van der Waals surface area contributed by atoms with E-state index in [1.807, 2.05) is 0 Å². The highest BCUT2D eigenvalue weighted by molar-refractivity contribution is 6.29. The summed E-state index contributed by atoms with van der Waals surface area (Å²) in [6, 6.07) is 0.644. The molecule has 1 saturated heterocycles. The van der Waals surface area contributed by atoms with Crippen LogP contribution in [0.15, 0.2) is 12.4 Å². The standard InChI is InChI=1S/C12H19ClN4/c1-9(2)17-4-3-10(8-17)5-15-12-7-14-6-11(13)16-12/h6-7,9-10H,3-5,8H2,1-2H3,(H,15,16). The molecule has 94 valence electrons. The van der Waals surface area contributed by atoms with Crippen molar-refractivity contribution in [2.75, 3.05) is 25.0 Å². The number of halogens is 1. The van der Waals surface area contributed by atoms with Gasteiger partial charge in [0, 0.05) is 19.1 Å². The fourth-order valence-electron chi connectivity index (χ4n) is 2.17. The summed E-state index contributed by atoms with van der Waals surface area (Å²) in [5, 5.41) is 3.74. The summed E-state index contributed by atoms with van der Waals surface area (Å²) in [7, 11) is 0. The number of nitrogens with zero attached hydrogens (tertiary/aromatic N) is 3. The van der Waals surface area contributed by atoms with Crippen LogP contribution in [0.2, 0.25) is 5.15 Å². The maximum absolute atomic E-state index is 5.78. The topological polar surface area (TPSA) is 41.0 Å². The van der Waals surface area contributed by atoms with Crippen molar-refractivity contribution in [2.45, 2.75) is 26.3 Å². The zero-order valence-corrected chi connectivity index (χ0v) is 11.1. The third-order valence-electron chi connectivity index (χ3n) is 3.22. The Morgan fingerprint density at radius 3 is 3.00 bits per heavy atom. The van der Waals surface area contributed by atoms with Crippen molar-refractivity contribution in [3.05, 3.63) is 17.5 Å². The molecule has 1 unspecified atom stereocenters. The van der Waals surface area contributed by atoms with E-state index in [-0.39, 0.29) is 0 Å². The molecule has 1 fully saturated rings. The largest absolute Gasteiger partial charge is 0.368 e. The summed E-state index contributed by atoms with van der Waals surface area (Å²) in [6.07, 6.45) is 4.50. The van der Waals surface area contributed by atoms with Crippen LogP contribution in [-0.2, 0) is 0 Å². The zero-order valence-electron chi connectivity index (χ0n) is 10.4. The van der Waals surface area contributed by atoms with Crippen LogP contribution in [0, 0.1) is 5.92 Å². The lowest BCUT2D eigenvalue weighted by Crippen LogP contribution is -2.29. The quantitative estimate of drug-likeness (QED) is 0.895. The Bertz CT molecular complexity index is 369. The summed E-state index contributed by atoms with van der Waals surface area (Å²) in [5.41, 5.74) is 0. The van der Waals surface area contributed by atoms with Gasteiger partial charge in [0.15, 0.2) is 0 Å². The third kappa shape index (κ3) is 3.54. The zero-order chi connectivity index (χ0) is 12.3. The second-order valence-corrected chi connectivity index (χ2v) is 5.24. The average molecular weight is 255 g/mol. The summed E-state index contributed by atoms with van der Waals surface area (Å²) >= 11 is 5.78. The van der Waals surface area contributed by atoms with E-state index >= 15 is 0 Å². The molecule has 1 aromatic heterocycles. The van der Waals surface area contributed by atoms with Gasteiger partial charge in [-0.1, -0.05) is 11.6 Å². The molecule has 0 radical (unpaired) electrons. The van der Waals surface area contributed by atoms with Crippen molar-refractivity contribution in [1.82, 2.24) is 14.9 Å². The summed E-state index contributed by atoms with van der Waals surface area (Å²) < 4.78 is 0. The molecular formula is C12H19ClN4. The lowest BCUT2D eigenvalue weighted by atomic mass is 10.1. The van der Waals surface area contributed by atoms with Crippen molar-refractivity contribution in [1.29, 1.82) is 0 Å². The molecule has 2 rings (SSSR count). The first kappa shape index (κ1) is 12.6. The van der Waals surface area contributed by atoms with Crippen LogP contribution in [-0.4, -0.2) is 40.5 Å². The Balaban J connectivity index is 1.80. The molecule has 1 N–H and O–H groups in total. The third-order valence-corrected chi connectivity index (χ3v) is 3.41. The molecule has 1 aliphatic heterocycles. The van der Waals surface area contributed by atoms with Crippen molar-refractivity contribution in [3.8, 4) is 0 Å².